The summed E-state index contributed by atoms with van der Waals surface area (Å²) in [5, 5.41) is 8.97. The Morgan fingerprint density at radius 3 is 2.65 bits per heavy atom. The molecular weight excluding hydrogens is 252 g/mol. The van der Waals surface area contributed by atoms with Crippen LogP contribution in [0.15, 0.2) is 34.7 Å². The van der Waals surface area contributed by atoms with Crippen molar-refractivity contribution in [1.29, 1.82) is 5.26 Å². The Bertz CT molecular complexity index is 626. The van der Waals surface area contributed by atoms with Gasteiger partial charge in [0.1, 0.15) is 23.3 Å². The van der Waals surface area contributed by atoms with E-state index in [0.29, 0.717) is 11.3 Å². The van der Waals surface area contributed by atoms with E-state index in [1.54, 1.807) is 13.2 Å². The first-order valence-electron chi connectivity index (χ1n) is 6.43. The molecule has 0 saturated heterocycles. The Kier molecular flexibility index (Phi) is 4.44. The molecule has 0 radical (unpaired) electrons. The average molecular weight is 270 g/mol. The van der Waals surface area contributed by atoms with E-state index >= 15 is 0 Å². The van der Waals surface area contributed by atoms with E-state index in [1.807, 2.05) is 38.2 Å². The first-order valence-corrected chi connectivity index (χ1v) is 6.43. The van der Waals surface area contributed by atoms with Crippen molar-refractivity contribution in [2.24, 2.45) is 0 Å². The van der Waals surface area contributed by atoms with Gasteiger partial charge in [0, 0.05) is 6.54 Å². The molecule has 0 atom stereocenters. The normalized spacial score (nSPS) is 10.6. The van der Waals surface area contributed by atoms with Crippen molar-refractivity contribution in [3.8, 4) is 11.8 Å². The van der Waals surface area contributed by atoms with Gasteiger partial charge in [0.2, 0.25) is 0 Å². The van der Waals surface area contributed by atoms with Crippen molar-refractivity contribution in [2.75, 3.05) is 14.2 Å². The van der Waals surface area contributed by atoms with E-state index in [2.05, 4.69) is 11.0 Å². The van der Waals surface area contributed by atoms with Gasteiger partial charge < -0.3 is 9.15 Å². The van der Waals surface area contributed by atoms with Gasteiger partial charge in [-0.15, -0.1) is 0 Å². The maximum absolute atomic E-state index is 8.97. The van der Waals surface area contributed by atoms with E-state index in [9.17, 15) is 0 Å². The second-order valence-corrected chi connectivity index (χ2v) is 4.83. The number of benzene rings is 1. The summed E-state index contributed by atoms with van der Waals surface area (Å²) in [5.41, 5.74) is 1.66. The lowest BCUT2D eigenvalue weighted by Crippen LogP contribution is -2.16. The Morgan fingerprint density at radius 2 is 2.05 bits per heavy atom. The number of aryl methyl sites for hydroxylation is 1. The van der Waals surface area contributed by atoms with Crippen LogP contribution in [0.5, 0.6) is 5.75 Å². The fourth-order valence-electron chi connectivity index (χ4n) is 2.13. The minimum atomic E-state index is 0.556. The third-order valence-corrected chi connectivity index (χ3v) is 3.06. The molecule has 0 amide bonds. The van der Waals surface area contributed by atoms with Crippen LogP contribution in [0.2, 0.25) is 0 Å². The summed E-state index contributed by atoms with van der Waals surface area (Å²) < 4.78 is 10.8. The summed E-state index contributed by atoms with van der Waals surface area (Å²) in [4.78, 5) is 2.15. The Hall–Kier alpha value is -2.25. The molecule has 2 aromatic rings. The number of nitriles is 1. The van der Waals surface area contributed by atoms with Crippen LogP contribution in [0.3, 0.4) is 0 Å². The predicted octanol–water partition coefficient (Wildman–Crippen LogP) is 3.10. The van der Waals surface area contributed by atoms with E-state index in [1.165, 1.54) is 0 Å². The fourth-order valence-corrected chi connectivity index (χ4v) is 2.13. The number of rotatable bonds is 5. The van der Waals surface area contributed by atoms with Crippen molar-refractivity contribution in [1.82, 2.24) is 4.90 Å². The summed E-state index contributed by atoms with van der Waals surface area (Å²) in [5.74, 6) is 2.49. The van der Waals surface area contributed by atoms with E-state index < -0.39 is 0 Å². The molecule has 104 valence electrons. The Morgan fingerprint density at radius 1 is 1.25 bits per heavy atom. The number of hydrogen-bond donors (Lipinski definition) is 0. The van der Waals surface area contributed by atoms with E-state index in [0.717, 1.165) is 30.2 Å². The molecule has 0 spiro atoms. The maximum Gasteiger partial charge on any atom is 0.136 e. The summed E-state index contributed by atoms with van der Waals surface area (Å²) in [6.07, 6.45) is 0. The molecule has 0 bridgehead atoms. The zero-order valence-corrected chi connectivity index (χ0v) is 12.0. The average Bonchev–Trinajstić information content (AvgIpc) is 2.83. The van der Waals surface area contributed by atoms with Crippen molar-refractivity contribution < 1.29 is 9.15 Å². The van der Waals surface area contributed by atoms with Gasteiger partial charge in [-0.3, -0.25) is 4.90 Å². The summed E-state index contributed by atoms with van der Waals surface area (Å²) in [6.45, 7) is 3.45. The second kappa shape index (κ2) is 6.27. The van der Waals surface area contributed by atoms with Crippen molar-refractivity contribution in [2.45, 2.75) is 20.0 Å². The smallest absolute Gasteiger partial charge is 0.136 e. The van der Waals surface area contributed by atoms with Crippen LogP contribution in [0.1, 0.15) is 22.6 Å². The van der Waals surface area contributed by atoms with Gasteiger partial charge in [-0.25, -0.2) is 0 Å². The fraction of sp³-hybridized carbons (Fsp3) is 0.312. The minimum Gasteiger partial charge on any atom is -0.495 e. The van der Waals surface area contributed by atoms with Crippen LogP contribution in [0.25, 0.3) is 0 Å². The van der Waals surface area contributed by atoms with E-state index in [4.69, 9.17) is 14.4 Å². The van der Waals surface area contributed by atoms with Gasteiger partial charge in [0.25, 0.3) is 0 Å². The number of methoxy groups -OCH3 is 1. The zero-order chi connectivity index (χ0) is 14.5. The molecule has 4 nitrogen and oxygen atoms in total. The highest BCUT2D eigenvalue weighted by atomic mass is 16.5. The van der Waals surface area contributed by atoms with Gasteiger partial charge >= 0.3 is 0 Å². The van der Waals surface area contributed by atoms with E-state index in [-0.39, 0.29) is 0 Å². The SMILES string of the molecule is COc1cc(CN(C)Cc2ccc(C)o2)ccc1C#N. The molecule has 1 aromatic carbocycles. The molecule has 1 heterocycles. The predicted molar refractivity (Wildman–Crippen MR) is 76.3 cm³/mol. The third-order valence-electron chi connectivity index (χ3n) is 3.06. The molecule has 4 heteroatoms. The number of furan rings is 1. The van der Waals surface area contributed by atoms with Crippen LogP contribution >= 0.6 is 0 Å². The maximum atomic E-state index is 8.97. The molecule has 0 aliphatic rings. The van der Waals surface area contributed by atoms with Crippen LogP contribution in [-0.2, 0) is 13.1 Å². The van der Waals surface area contributed by atoms with Crippen LogP contribution in [-0.4, -0.2) is 19.1 Å². The highest BCUT2D eigenvalue weighted by Gasteiger charge is 2.08. The highest BCUT2D eigenvalue weighted by molar-refractivity contribution is 5.45. The lowest BCUT2D eigenvalue weighted by molar-refractivity contribution is 0.285. The minimum absolute atomic E-state index is 0.556. The van der Waals surface area contributed by atoms with Crippen molar-refractivity contribution in [3.63, 3.8) is 0 Å². The van der Waals surface area contributed by atoms with Crippen molar-refractivity contribution in [3.05, 3.63) is 53.0 Å². The van der Waals surface area contributed by atoms with Crippen molar-refractivity contribution >= 4 is 0 Å². The quantitative estimate of drug-likeness (QED) is 0.837. The lowest BCUT2D eigenvalue weighted by Gasteiger charge is -2.16. The first-order chi connectivity index (χ1) is 9.62. The van der Waals surface area contributed by atoms with Crippen LogP contribution < -0.4 is 4.74 Å². The molecular formula is C16H18N2O2. The molecule has 20 heavy (non-hydrogen) atoms. The molecule has 0 unspecified atom stereocenters. The first kappa shape index (κ1) is 14.2. The zero-order valence-electron chi connectivity index (χ0n) is 12.0. The largest absolute Gasteiger partial charge is 0.495 e. The molecule has 0 N–H and O–H groups in total. The number of ether oxygens (including phenoxy) is 1. The standard InChI is InChI=1S/C16H18N2O2/c1-12-4-7-15(20-12)11-18(2)10-13-5-6-14(9-17)16(8-13)19-3/h4-8H,10-11H2,1-3H3. The highest BCUT2D eigenvalue weighted by Crippen LogP contribution is 2.20. The molecule has 0 aliphatic heterocycles. The summed E-state index contributed by atoms with van der Waals surface area (Å²) >= 11 is 0. The molecule has 0 saturated carbocycles. The topological polar surface area (TPSA) is 49.4 Å². The third kappa shape index (κ3) is 3.40. The molecule has 0 aliphatic carbocycles. The van der Waals surface area contributed by atoms with Gasteiger partial charge in [-0.1, -0.05) is 6.07 Å². The summed E-state index contributed by atoms with van der Waals surface area (Å²) in [7, 11) is 3.61. The second-order valence-electron chi connectivity index (χ2n) is 4.83. The van der Waals surface area contributed by atoms with Gasteiger partial charge in [-0.05, 0) is 43.8 Å². The monoisotopic (exact) mass is 270 g/mol. The number of hydrogen-bond acceptors (Lipinski definition) is 4. The summed E-state index contributed by atoms with van der Waals surface area (Å²) in [6, 6.07) is 11.7. The Balaban J connectivity index is 2.04. The van der Waals surface area contributed by atoms with Gasteiger partial charge in [-0.2, -0.15) is 5.26 Å². The van der Waals surface area contributed by atoms with Gasteiger partial charge in [0.05, 0.1) is 19.2 Å². The number of nitrogens with zero attached hydrogens (tertiary/aromatic N) is 2. The van der Waals surface area contributed by atoms with Crippen LogP contribution in [0, 0.1) is 18.3 Å². The van der Waals surface area contributed by atoms with Crippen LogP contribution in [0.4, 0.5) is 0 Å². The van der Waals surface area contributed by atoms with Gasteiger partial charge in [0.15, 0.2) is 0 Å². The lowest BCUT2D eigenvalue weighted by atomic mass is 10.1. The Labute approximate surface area is 119 Å². The molecule has 0 fully saturated rings. The molecule has 2 rings (SSSR count). The molecule has 1 aromatic heterocycles.